The van der Waals surface area contributed by atoms with E-state index >= 15 is 0 Å². The summed E-state index contributed by atoms with van der Waals surface area (Å²) in [5.41, 5.74) is 4.89. The van der Waals surface area contributed by atoms with E-state index in [9.17, 15) is 9.59 Å². The van der Waals surface area contributed by atoms with E-state index in [0.717, 1.165) is 25.7 Å². The van der Waals surface area contributed by atoms with Gasteiger partial charge >= 0.3 is 5.97 Å². The molecule has 15 heavy (non-hydrogen) atoms. The highest BCUT2D eigenvalue weighted by Crippen LogP contribution is 2.32. The Balaban J connectivity index is 2.65. The Morgan fingerprint density at radius 1 is 1.47 bits per heavy atom. The van der Waals surface area contributed by atoms with Gasteiger partial charge in [0.1, 0.15) is 0 Å². The van der Waals surface area contributed by atoms with E-state index in [4.69, 9.17) is 10.8 Å². The molecule has 1 aliphatic carbocycles. The van der Waals surface area contributed by atoms with Crippen molar-refractivity contribution in [2.24, 2.45) is 5.73 Å². The number of carboxylic acids is 1. The van der Waals surface area contributed by atoms with E-state index in [2.05, 4.69) is 5.32 Å². The minimum Gasteiger partial charge on any atom is -0.481 e. The summed E-state index contributed by atoms with van der Waals surface area (Å²) in [5, 5.41) is 11.6. The summed E-state index contributed by atoms with van der Waals surface area (Å²) in [6, 6.07) is -0.587. The van der Waals surface area contributed by atoms with E-state index in [-0.39, 0.29) is 12.3 Å². The Hall–Kier alpha value is -1.10. The van der Waals surface area contributed by atoms with Crippen LogP contribution < -0.4 is 11.1 Å². The van der Waals surface area contributed by atoms with Gasteiger partial charge in [-0.05, 0) is 19.8 Å². The van der Waals surface area contributed by atoms with Gasteiger partial charge in [-0.25, -0.2) is 0 Å². The van der Waals surface area contributed by atoms with Gasteiger partial charge in [-0.1, -0.05) is 12.8 Å². The highest BCUT2D eigenvalue weighted by molar-refractivity contribution is 5.82. The molecule has 5 heteroatoms. The predicted molar refractivity (Wildman–Crippen MR) is 55.2 cm³/mol. The molecule has 0 heterocycles. The molecule has 0 unspecified atom stereocenters. The molecular formula is C10H18N2O3. The van der Waals surface area contributed by atoms with E-state index in [1.165, 1.54) is 0 Å². The lowest BCUT2D eigenvalue weighted by molar-refractivity contribution is -0.139. The Labute approximate surface area is 89.0 Å². The number of hydrogen-bond acceptors (Lipinski definition) is 3. The molecule has 5 nitrogen and oxygen atoms in total. The predicted octanol–water partition coefficient (Wildman–Crippen LogP) is 0.237. The Morgan fingerprint density at radius 2 is 2.00 bits per heavy atom. The van der Waals surface area contributed by atoms with Gasteiger partial charge in [0.15, 0.2) is 0 Å². The lowest BCUT2D eigenvalue weighted by atomic mass is 9.93. The second-order valence-electron chi connectivity index (χ2n) is 4.34. The Kier molecular flexibility index (Phi) is 3.68. The van der Waals surface area contributed by atoms with Crippen molar-refractivity contribution in [3.05, 3.63) is 0 Å². The van der Waals surface area contributed by atoms with Crippen LogP contribution in [0.25, 0.3) is 0 Å². The highest BCUT2D eigenvalue weighted by atomic mass is 16.4. The second kappa shape index (κ2) is 4.61. The van der Waals surface area contributed by atoms with Crippen LogP contribution in [0, 0.1) is 0 Å². The molecule has 0 bridgehead atoms. The molecule has 0 aromatic carbocycles. The summed E-state index contributed by atoms with van der Waals surface area (Å²) in [6.45, 7) is 1.60. The van der Waals surface area contributed by atoms with Crippen LogP contribution in [0.2, 0.25) is 0 Å². The molecular weight excluding hydrogens is 196 g/mol. The summed E-state index contributed by atoms with van der Waals surface area (Å²) in [7, 11) is 0. The maximum Gasteiger partial charge on any atom is 0.305 e. The van der Waals surface area contributed by atoms with Gasteiger partial charge in [0.05, 0.1) is 18.0 Å². The van der Waals surface area contributed by atoms with Crippen LogP contribution in [0.5, 0.6) is 0 Å². The zero-order valence-electron chi connectivity index (χ0n) is 8.95. The number of hydrogen-bond donors (Lipinski definition) is 3. The first-order valence-corrected chi connectivity index (χ1v) is 5.25. The molecule has 0 aliphatic heterocycles. The molecule has 1 atom stereocenters. The van der Waals surface area contributed by atoms with Crippen LogP contribution in [0.4, 0.5) is 0 Å². The molecule has 1 rings (SSSR count). The monoisotopic (exact) mass is 214 g/mol. The number of amides is 1. The smallest absolute Gasteiger partial charge is 0.305 e. The number of carbonyl (C=O) groups is 2. The van der Waals surface area contributed by atoms with Gasteiger partial charge in [-0.2, -0.15) is 0 Å². The van der Waals surface area contributed by atoms with Gasteiger partial charge < -0.3 is 16.2 Å². The third kappa shape index (κ3) is 3.20. The topological polar surface area (TPSA) is 92.4 Å². The summed E-state index contributed by atoms with van der Waals surface area (Å²) >= 11 is 0. The quantitative estimate of drug-likeness (QED) is 0.625. The molecule has 86 valence electrons. The molecule has 0 aromatic heterocycles. The molecule has 4 N–H and O–H groups in total. The number of carbonyl (C=O) groups excluding carboxylic acids is 1. The molecule has 0 aromatic rings. The summed E-state index contributed by atoms with van der Waals surface area (Å²) in [6.07, 6.45) is 3.39. The van der Waals surface area contributed by atoms with Crippen molar-refractivity contribution in [2.45, 2.75) is 50.6 Å². The lowest BCUT2D eigenvalue weighted by Gasteiger charge is -2.29. The van der Waals surface area contributed by atoms with Crippen LogP contribution in [-0.4, -0.2) is 28.6 Å². The Morgan fingerprint density at radius 3 is 2.40 bits per heavy atom. The first kappa shape index (κ1) is 12.0. The van der Waals surface area contributed by atoms with Gasteiger partial charge in [-0.3, -0.25) is 9.59 Å². The molecule has 1 fully saturated rings. The van der Waals surface area contributed by atoms with Crippen molar-refractivity contribution in [2.75, 3.05) is 0 Å². The molecule has 0 spiro atoms. The first-order valence-electron chi connectivity index (χ1n) is 5.25. The number of nitrogens with one attached hydrogen (secondary N) is 1. The minimum atomic E-state index is -0.873. The van der Waals surface area contributed by atoms with Gasteiger partial charge in [0.25, 0.3) is 0 Å². The third-order valence-electron chi connectivity index (χ3n) is 2.85. The zero-order valence-corrected chi connectivity index (χ0v) is 8.95. The van der Waals surface area contributed by atoms with E-state index < -0.39 is 17.6 Å². The number of carboxylic acid groups (broad SMARTS) is 1. The van der Waals surface area contributed by atoms with Gasteiger partial charge in [-0.15, -0.1) is 0 Å². The lowest BCUT2D eigenvalue weighted by Crippen LogP contribution is -2.52. The minimum absolute atomic E-state index is 0.00847. The van der Waals surface area contributed by atoms with Crippen LogP contribution in [0.15, 0.2) is 0 Å². The fourth-order valence-electron chi connectivity index (χ4n) is 2.06. The van der Waals surface area contributed by atoms with Gasteiger partial charge in [0, 0.05) is 0 Å². The van der Waals surface area contributed by atoms with Crippen LogP contribution >= 0.6 is 0 Å². The van der Waals surface area contributed by atoms with Crippen molar-refractivity contribution in [1.29, 1.82) is 0 Å². The van der Waals surface area contributed by atoms with Gasteiger partial charge in [0.2, 0.25) is 5.91 Å². The molecule has 0 saturated heterocycles. The summed E-state index contributed by atoms with van der Waals surface area (Å²) in [5.74, 6) is -1.14. The van der Waals surface area contributed by atoms with Crippen molar-refractivity contribution in [3.63, 3.8) is 0 Å². The summed E-state index contributed by atoms with van der Waals surface area (Å²) < 4.78 is 0. The average molecular weight is 214 g/mol. The fourth-order valence-corrected chi connectivity index (χ4v) is 2.06. The molecule has 1 amide bonds. The highest BCUT2D eigenvalue weighted by Gasteiger charge is 2.37. The normalized spacial score (nSPS) is 20.9. The van der Waals surface area contributed by atoms with E-state index in [1.807, 2.05) is 0 Å². The number of rotatable bonds is 4. The first-order chi connectivity index (χ1) is 6.95. The van der Waals surface area contributed by atoms with Crippen LogP contribution in [-0.2, 0) is 9.59 Å². The number of aliphatic carboxylic acids is 1. The fraction of sp³-hybridized carbons (Fsp3) is 0.800. The van der Waals surface area contributed by atoms with E-state index in [1.54, 1.807) is 6.92 Å². The maximum atomic E-state index is 11.5. The average Bonchev–Trinajstić information content (AvgIpc) is 2.51. The van der Waals surface area contributed by atoms with Crippen LogP contribution in [0.3, 0.4) is 0 Å². The molecule has 0 radical (unpaired) electrons. The largest absolute Gasteiger partial charge is 0.481 e. The van der Waals surface area contributed by atoms with Crippen molar-refractivity contribution < 1.29 is 14.7 Å². The maximum absolute atomic E-state index is 11.5. The zero-order chi connectivity index (χ0) is 11.5. The van der Waals surface area contributed by atoms with Crippen molar-refractivity contribution in [3.8, 4) is 0 Å². The number of nitrogens with two attached hydrogens (primary N) is 1. The molecule has 1 saturated carbocycles. The third-order valence-corrected chi connectivity index (χ3v) is 2.85. The van der Waals surface area contributed by atoms with Crippen molar-refractivity contribution >= 4 is 11.9 Å². The van der Waals surface area contributed by atoms with E-state index in [0.29, 0.717) is 0 Å². The second-order valence-corrected chi connectivity index (χ2v) is 4.34. The summed E-state index contributed by atoms with van der Waals surface area (Å²) in [4.78, 5) is 22.2. The standard InChI is InChI=1S/C10H18N2O3/c1-7(11)9(15)12-10(6-8(13)14)4-2-3-5-10/h7H,2-6,11H2,1H3,(H,12,15)(H,13,14)/t7-/m1/s1. The Bertz CT molecular complexity index is 257. The molecule has 1 aliphatic rings. The SMILES string of the molecule is C[C@@H](N)C(=O)NC1(CC(=O)O)CCCC1. The van der Waals surface area contributed by atoms with Crippen LogP contribution in [0.1, 0.15) is 39.0 Å². The van der Waals surface area contributed by atoms with Crippen molar-refractivity contribution in [1.82, 2.24) is 5.32 Å².